The third-order valence-corrected chi connectivity index (χ3v) is 5.31. The smallest absolute Gasteiger partial charge is 0.0991 e. The molecule has 152 valence electrons. The van der Waals surface area contributed by atoms with E-state index in [4.69, 9.17) is 5.11 Å². The van der Waals surface area contributed by atoms with Gasteiger partial charge in [-0.25, -0.2) is 0 Å². The summed E-state index contributed by atoms with van der Waals surface area (Å²) in [6, 6.07) is 0. The van der Waals surface area contributed by atoms with Crippen LogP contribution in [0.15, 0.2) is 17.1 Å². The van der Waals surface area contributed by atoms with E-state index in [1.165, 1.54) is 89.3 Å². The van der Waals surface area contributed by atoms with Crippen LogP contribution in [0, 0.1) is 0 Å². The van der Waals surface area contributed by atoms with Gasteiger partial charge in [0.1, 0.15) is 0 Å². The van der Waals surface area contributed by atoms with Gasteiger partial charge in [-0.1, -0.05) is 83.3 Å². The molecule has 3 heteroatoms. The third-order valence-electron chi connectivity index (χ3n) is 5.31. The summed E-state index contributed by atoms with van der Waals surface area (Å²) < 4.78 is 0. The molecule has 0 saturated heterocycles. The Kier molecular flexibility index (Phi) is 15.7. The number of aliphatic hydroxyl groups excluding tert-OH is 1. The monoisotopic (exact) mass is 364 g/mol. The molecule has 0 aromatic carbocycles. The van der Waals surface area contributed by atoms with Gasteiger partial charge in [0, 0.05) is 19.5 Å². The van der Waals surface area contributed by atoms with E-state index < -0.39 is 0 Å². The minimum Gasteiger partial charge on any atom is -0.395 e. The lowest BCUT2D eigenvalue weighted by Crippen LogP contribution is -2.30. The fourth-order valence-electron chi connectivity index (χ4n) is 3.67. The zero-order valence-electron chi connectivity index (χ0n) is 17.4. The molecule has 0 atom stereocenters. The molecule has 3 nitrogen and oxygen atoms in total. The standard InChI is InChI=1S/C23H44N2O/c1-2-3-4-5-6-7-8-9-10-11-12-13-14-15-16-17-18-23-24-19-20-25(23)21-22-26/h14-15,26H,2-13,16-22H2,1H3/b15-14+. The first-order valence-electron chi connectivity index (χ1n) is 11.4. The Morgan fingerprint density at radius 1 is 0.846 bits per heavy atom. The van der Waals surface area contributed by atoms with Crippen LogP contribution in [-0.4, -0.2) is 42.1 Å². The average Bonchev–Trinajstić information content (AvgIpc) is 3.09. The number of aliphatic hydroxyl groups is 1. The molecule has 0 bridgehead atoms. The van der Waals surface area contributed by atoms with Crippen LogP contribution in [-0.2, 0) is 0 Å². The molecule has 1 N–H and O–H groups in total. The zero-order chi connectivity index (χ0) is 18.7. The number of amidine groups is 1. The van der Waals surface area contributed by atoms with Gasteiger partial charge in [0.05, 0.1) is 19.0 Å². The van der Waals surface area contributed by atoms with Gasteiger partial charge in [-0.2, -0.15) is 0 Å². The molecule has 0 unspecified atom stereocenters. The first-order chi connectivity index (χ1) is 12.9. The van der Waals surface area contributed by atoms with Crippen molar-refractivity contribution in [1.82, 2.24) is 4.90 Å². The van der Waals surface area contributed by atoms with Gasteiger partial charge < -0.3 is 10.0 Å². The summed E-state index contributed by atoms with van der Waals surface area (Å²) in [5.41, 5.74) is 0. The highest BCUT2D eigenvalue weighted by atomic mass is 16.3. The topological polar surface area (TPSA) is 35.8 Å². The van der Waals surface area contributed by atoms with Crippen molar-refractivity contribution in [2.24, 2.45) is 4.99 Å². The maximum absolute atomic E-state index is 9.05. The number of β-amino-alcohol motifs (C(OH)–C–C–N with tert-alkyl or cyclic N) is 1. The molecular formula is C23H44N2O. The molecule has 0 aliphatic carbocycles. The summed E-state index contributed by atoms with van der Waals surface area (Å²) in [6.07, 6.45) is 25.0. The molecule has 0 spiro atoms. The van der Waals surface area contributed by atoms with Crippen molar-refractivity contribution >= 4 is 5.84 Å². The Hall–Kier alpha value is -0.830. The quantitative estimate of drug-likeness (QED) is 0.235. The summed E-state index contributed by atoms with van der Waals surface area (Å²) in [5.74, 6) is 1.21. The Morgan fingerprint density at radius 2 is 1.42 bits per heavy atom. The van der Waals surface area contributed by atoms with Gasteiger partial charge in [-0.3, -0.25) is 4.99 Å². The molecule has 1 aliphatic heterocycles. The third kappa shape index (κ3) is 12.5. The first-order valence-corrected chi connectivity index (χ1v) is 11.4. The van der Waals surface area contributed by atoms with E-state index in [9.17, 15) is 0 Å². The SMILES string of the molecule is CCCCCCCCCCCCC/C=C/CCCC1=NCCN1CCO. The number of allylic oxidation sites excluding steroid dienone is 2. The van der Waals surface area contributed by atoms with E-state index in [0.717, 1.165) is 32.5 Å². The van der Waals surface area contributed by atoms with Crippen molar-refractivity contribution in [3.63, 3.8) is 0 Å². The summed E-state index contributed by atoms with van der Waals surface area (Å²) in [5, 5.41) is 9.05. The Labute approximate surface area is 163 Å². The van der Waals surface area contributed by atoms with Crippen molar-refractivity contribution in [2.75, 3.05) is 26.2 Å². The van der Waals surface area contributed by atoms with E-state index in [-0.39, 0.29) is 6.61 Å². The Morgan fingerprint density at radius 3 is 2.04 bits per heavy atom. The Bertz CT molecular complexity index is 365. The number of nitrogens with zero attached hydrogens (tertiary/aromatic N) is 2. The molecule has 26 heavy (non-hydrogen) atoms. The van der Waals surface area contributed by atoms with Gasteiger partial charge in [0.15, 0.2) is 0 Å². The summed E-state index contributed by atoms with van der Waals surface area (Å²) in [4.78, 5) is 6.78. The summed E-state index contributed by atoms with van der Waals surface area (Å²) in [6.45, 7) is 5.16. The van der Waals surface area contributed by atoms with Gasteiger partial charge in [-0.15, -0.1) is 0 Å². The van der Waals surface area contributed by atoms with Crippen molar-refractivity contribution in [3.05, 3.63) is 12.2 Å². The number of hydrogen-bond acceptors (Lipinski definition) is 3. The van der Waals surface area contributed by atoms with Crippen LogP contribution < -0.4 is 0 Å². The van der Waals surface area contributed by atoms with Gasteiger partial charge in [-0.05, 0) is 25.7 Å². The van der Waals surface area contributed by atoms with Crippen LogP contribution in [0.5, 0.6) is 0 Å². The molecule has 0 radical (unpaired) electrons. The second kappa shape index (κ2) is 17.6. The highest BCUT2D eigenvalue weighted by molar-refractivity contribution is 5.83. The summed E-state index contributed by atoms with van der Waals surface area (Å²) in [7, 11) is 0. The van der Waals surface area contributed by atoms with Crippen molar-refractivity contribution in [1.29, 1.82) is 0 Å². The predicted molar refractivity (Wildman–Crippen MR) is 115 cm³/mol. The van der Waals surface area contributed by atoms with E-state index in [0.29, 0.717) is 0 Å². The average molecular weight is 365 g/mol. The molecule has 0 aromatic rings. The van der Waals surface area contributed by atoms with Gasteiger partial charge in [0.2, 0.25) is 0 Å². The fraction of sp³-hybridized carbons (Fsp3) is 0.870. The second-order valence-corrected chi connectivity index (χ2v) is 7.70. The minimum atomic E-state index is 0.234. The lowest BCUT2D eigenvalue weighted by molar-refractivity contribution is 0.255. The molecule has 1 rings (SSSR count). The predicted octanol–water partition coefficient (Wildman–Crippen LogP) is 6.12. The normalized spacial score (nSPS) is 14.5. The van der Waals surface area contributed by atoms with Crippen molar-refractivity contribution < 1.29 is 5.11 Å². The highest BCUT2D eigenvalue weighted by Crippen LogP contribution is 2.12. The molecule has 1 heterocycles. The number of hydrogen-bond donors (Lipinski definition) is 1. The molecule has 0 aromatic heterocycles. The summed E-state index contributed by atoms with van der Waals surface area (Å²) >= 11 is 0. The van der Waals surface area contributed by atoms with Crippen LogP contribution in [0.1, 0.15) is 103 Å². The van der Waals surface area contributed by atoms with E-state index >= 15 is 0 Å². The van der Waals surface area contributed by atoms with Crippen molar-refractivity contribution in [2.45, 2.75) is 103 Å². The maximum atomic E-state index is 9.05. The minimum absolute atomic E-state index is 0.234. The van der Waals surface area contributed by atoms with E-state index in [1.54, 1.807) is 0 Å². The molecule has 0 fully saturated rings. The molecule has 0 saturated carbocycles. The molecular weight excluding hydrogens is 320 g/mol. The highest BCUT2D eigenvalue weighted by Gasteiger charge is 2.14. The van der Waals surface area contributed by atoms with E-state index in [1.807, 2.05) is 0 Å². The lowest BCUT2D eigenvalue weighted by atomic mass is 10.1. The number of rotatable bonds is 18. The van der Waals surface area contributed by atoms with Crippen LogP contribution in [0.3, 0.4) is 0 Å². The van der Waals surface area contributed by atoms with Gasteiger partial charge in [0.25, 0.3) is 0 Å². The zero-order valence-corrected chi connectivity index (χ0v) is 17.4. The second-order valence-electron chi connectivity index (χ2n) is 7.70. The fourth-order valence-corrected chi connectivity index (χ4v) is 3.67. The van der Waals surface area contributed by atoms with Crippen LogP contribution in [0.2, 0.25) is 0 Å². The number of unbranched alkanes of at least 4 members (excludes halogenated alkanes) is 12. The number of aliphatic imine (C=N–C) groups is 1. The maximum Gasteiger partial charge on any atom is 0.0991 e. The molecule has 0 amide bonds. The first kappa shape index (κ1) is 23.2. The lowest BCUT2D eigenvalue weighted by Gasteiger charge is -2.18. The Balaban J connectivity index is 1.81. The van der Waals surface area contributed by atoms with Gasteiger partial charge >= 0.3 is 0 Å². The largest absolute Gasteiger partial charge is 0.395 e. The molecule has 1 aliphatic rings. The van der Waals surface area contributed by atoms with Crippen LogP contribution in [0.25, 0.3) is 0 Å². The van der Waals surface area contributed by atoms with Crippen LogP contribution in [0.4, 0.5) is 0 Å². The van der Waals surface area contributed by atoms with Crippen LogP contribution >= 0.6 is 0 Å². The van der Waals surface area contributed by atoms with Crippen molar-refractivity contribution in [3.8, 4) is 0 Å². The van der Waals surface area contributed by atoms with E-state index in [2.05, 4.69) is 29.0 Å².